The number of carboxylic acids is 1. The van der Waals surface area contributed by atoms with E-state index in [9.17, 15) is 23.1 Å². The van der Waals surface area contributed by atoms with E-state index in [0.29, 0.717) is 31.4 Å². The number of methoxy groups -OCH3 is 1. The maximum atomic E-state index is 12.7. The summed E-state index contributed by atoms with van der Waals surface area (Å²) in [5, 5.41) is 12.8. The molecule has 0 radical (unpaired) electrons. The smallest absolute Gasteiger partial charge is 0.429 e. The lowest BCUT2D eigenvalue weighted by atomic mass is 9.79. The fourth-order valence-corrected chi connectivity index (χ4v) is 4.85. The molecule has 1 aliphatic carbocycles. The van der Waals surface area contributed by atoms with Crippen LogP contribution in [0.2, 0.25) is 0 Å². The molecule has 0 atom stereocenters. The number of carbonyl (C=O) groups is 1. The van der Waals surface area contributed by atoms with Gasteiger partial charge < -0.3 is 15.2 Å². The number of alkyl halides is 3. The van der Waals surface area contributed by atoms with Crippen LogP contribution in [0.1, 0.15) is 56.3 Å². The lowest BCUT2D eigenvalue weighted by molar-refractivity contribution is -0.145. The zero-order chi connectivity index (χ0) is 26.4. The maximum absolute atomic E-state index is 12.7. The third-order valence-corrected chi connectivity index (χ3v) is 7.05. The zero-order valence-electron chi connectivity index (χ0n) is 20.5. The summed E-state index contributed by atoms with van der Waals surface area (Å²) in [6, 6.07) is 0. The number of nitrogens with zero attached hydrogens (tertiary/aromatic N) is 3. The maximum Gasteiger partial charge on any atom is 0.429 e. The molecule has 192 valence electrons. The fraction of sp³-hybridized carbons (Fsp3) is 0.500. The lowest BCUT2D eigenvalue weighted by Crippen LogP contribution is -2.35. The summed E-state index contributed by atoms with van der Waals surface area (Å²) in [7, 11) is 2.98. The minimum absolute atomic E-state index is 0.144. The zero-order valence-corrected chi connectivity index (χ0v) is 21.3. The number of aromatic nitrogens is 1. The fourth-order valence-electron chi connectivity index (χ4n) is 3.77. The van der Waals surface area contributed by atoms with Gasteiger partial charge in [0.2, 0.25) is 5.96 Å². The predicted octanol–water partition coefficient (Wildman–Crippen LogP) is 5.72. The number of aliphatic carboxylic acids is 1. The predicted molar refractivity (Wildman–Crippen MR) is 133 cm³/mol. The quantitative estimate of drug-likeness (QED) is 0.277. The number of aliphatic imine (C=N–C) groups is 2. The van der Waals surface area contributed by atoms with E-state index in [1.165, 1.54) is 18.4 Å². The Labute approximate surface area is 207 Å². The Morgan fingerprint density at radius 2 is 1.94 bits per heavy atom. The number of thiazole rings is 1. The van der Waals surface area contributed by atoms with Gasteiger partial charge in [-0.2, -0.15) is 13.2 Å². The molecule has 0 saturated heterocycles. The minimum Gasteiger partial charge on any atom is -0.481 e. The normalized spacial score (nSPS) is 22.8. The van der Waals surface area contributed by atoms with Gasteiger partial charge in [-0.1, -0.05) is 12.7 Å². The molecule has 1 heterocycles. The van der Waals surface area contributed by atoms with E-state index in [1.807, 2.05) is 13.0 Å². The van der Waals surface area contributed by atoms with Crippen molar-refractivity contribution in [2.45, 2.75) is 58.2 Å². The Bertz CT molecular complexity index is 1060. The van der Waals surface area contributed by atoms with Crippen molar-refractivity contribution in [3.8, 4) is 0 Å². The molecule has 2 N–H and O–H groups in total. The molecule has 1 fully saturated rings. The van der Waals surface area contributed by atoms with Crippen molar-refractivity contribution in [2.24, 2.45) is 15.9 Å². The largest absolute Gasteiger partial charge is 0.481 e. The number of halogens is 3. The Morgan fingerprint density at radius 3 is 2.46 bits per heavy atom. The molecule has 0 aliphatic heterocycles. The topological polar surface area (TPSA) is 96.2 Å². The van der Waals surface area contributed by atoms with E-state index in [-0.39, 0.29) is 11.9 Å². The number of guanidine groups is 1. The third kappa shape index (κ3) is 7.60. The lowest BCUT2D eigenvalue weighted by Gasteiger charge is -2.36. The monoisotopic (exact) mass is 512 g/mol. The van der Waals surface area contributed by atoms with E-state index >= 15 is 0 Å². The highest BCUT2D eigenvalue weighted by Crippen LogP contribution is 2.44. The highest BCUT2D eigenvalue weighted by molar-refractivity contribution is 7.12. The van der Waals surface area contributed by atoms with Gasteiger partial charge in [-0.15, -0.1) is 11.3 Å². The van der Waals surface area contributed by atoms with Crippen molar-refractivity contribution >= 4 is 34.6 Å². The van der Waals surface area contributed by atoms with E-state index in [0.717, 1.165) is 28.0 Å². The minimum atomic E-state index is -4.52. The summed E-state index contributed by atoms with van der Waals surface area (Å²) in [5.74, 6) is -1.28. The molecule has 1 aliphatic rings. The second-order valence-corrected chi connectivity index (χ2v) is 9.48. The van der Waals surface area contributed by atoms with Gasteiger partial charge >= 0.3 is 12.1 Å². The van der Waals surface area contributed by atoms with Crippen LogP contribution in [0.4, 0.5) is 13.2 Å². The van der Waals surface area contributed by atoms with Crippen molar-refractivity contribution < 1.29 is 27.8 Å². The molecule has 1 aromatic rings. The molecule has 11 heteroatoms. The summed E-state index contributed by atoms with van der Waals surface area (Å²) in [5.41, 5.74) is 0.496. The Hall–Kier alpha value is -2.79. The first-order valence-corrected chi connectivity index (χ1v) is 11.8. The number of nitrogens with one attached hydrogen (secondary N) is 1. The highest BCUT2D eigenvalue weighted by atomic mass is 32.1. The first kappa shape index (κ1) is 28.4. The summed E-state index contributed by atoms with van der Waals surface area (Å²) >= 11 is 1.46. The van der Waals surface area contributed by atoms with E-state index in [4.69, 9.17) is 4.74 Å². The van der Waals surface area contributed by atoms with Crippen molar-refractivity contribution in [1.82, 2.24) is 10.3 Å². The molecule has 0 spiro atoms. The number of hydrogen-bond donors (Lipinski definition) is 2. The van der Waals surface area contributed by atoms with Gasteiger partial charge in [0, 0.05) is 26.1 Å². The Balaban J connectivity index is 2.12. The molecule has 1 saturated carbocycles. The van der Waals surface area contributed by atoms with Crippen LogP contribution in [0.5, 0.6) is 0 Å². The summed E-state index contributed by atoms with van der Waals surface area (Å²) in [4.78, 5) is 23.9. The second kappa shape index (κ2) is 11.8. The van der Waals surface area contributed by atoms with Crippen LogP contribution >= 0.6 is 11.3 Å². The van der Waals surface area contributed by atoms with Gasteiger partial charge in [-0.05, 0) is 63.7 Å². The summed E-state index contributed by atoms with van der Waals surface area (Å²) < 4.78 is 44.0. The third-order valence-electron chi connectivity index (χ3n) is 5.80. The van der Waals surface area contributed by atoms with Crippen LogP contribution in [0, 0.1) is 5.92 Å². The molecule has 1 aromatic heterocycles. The summed E-state index contributed by atoms with van der Waals surface area (Å²) in [6.45, 7) is 8.54. The van der Waals surface area contributed by atoms with Gasteiger partial charge in [0.05, 0.1) is 10.8 Å². The van der Waals surface area contributed by atoms with Crippen LogP contribution in [-0.2, 0) is 15.1 Å². The molecular formula is C24H31F3N4O3S. The first-order chi connectivity index (χ1) is 16.3. The number of hydrogen-bond acceptors (Lipinski definition) is 5. The second-order valence-electron chi connectivity index (χ2n) is 8.45. The van der Waals surface area contributed by atoms with Gasteiger partial charge in [0.25, 0.3) is 0 Å². The first-order valence-electron chi connectivity index (χ1n) is 11.0. The molecule has 0 unspecified atom stereocenters. The van der Waals surface area contributed by atoms with E-state index < -0.39 is 23.5 Å². The van der Waals surface area contributed by atoms with E-state index in [2.05, 4.69) is 26.9 Å². The molecule has 7 nitrogen and oxygen atoms in total. The van der Waals surface area contributed by atoms with Crippen molar-refractivity contribution in [1.29, 1.82) is 0 Å². The molecule has 0 bridgehead atoms. The van der Waals surface area contributed by atoms with Gasteiger partial charge in [-0.3, -0.25) is 9.79 Å². The Kier molecular flexibility index (Phi) is 9.56. The molecular weight excluding hydrogens is 481 g/mol. The van der Waals surface area contributed by atoms with Gasteiger partial charge in [0.1, 0.15) is 16.3 Å². The number of ether oxygens (including phenoxy) is 1. The highest BCUT2D eigenvalue weighted by Gasteiger charge is 2.41. The number of rotatable bonds is 7. The molecule has 2 rings (SSSR count). The average molecular weight is 513 g/mol. The molecule has 0 amide bonds. The van der Waals surface area contributed by atoms with Crippen LogP contribution in [0.15, 0.2) is 46.2 Å². The summed E-state index contributed by atoms with van der Waals surface area (Å²) in [6.07, 6.45) is 3.03. The van der Waals surface area contributed by atoms with Gasteiger partial charge in [0.15, 0.2) is 0 Å². The van der Waals surface area contributed by atoms with Gasteiger partial charge in [-0.25, -0.2) is 9.98 Å². The average Bonchev–Trinajstić information content (AvgIpc) is 3.28. The Morgan fingerprint density at radius 1 is 1.31 bits per heavy atom. The van der Waals surface area contributed by atoms with Crippen LogP contribution in [0.25, 0.3) is 5.57 Å². The molecule has 35 heavy (non-hydrogen) atoms. The molecule has 0 aromatic carbocycles. The van der Waals surface area contributed by atoms with Crippen LogP contribution in [0.3, 0.4) is 0 Å². The number of allylic oxidation sites excluding steroid dienone is 5. The number of carboxylic acid groups (broad SMARTS) is 1. The van der Waals surface area contributed by atoms with Crippen molar-refractivity contribution in [2.75, 3.05) is 14.2 Å². The standard InChI is InChI=1S/C24H31F3N4O3S/c1-14(12-16(3)30-22(28-5)31-17(4)24(25,26)27)11-15(2)19-13-29-21(35-19)23(34-6)9-7-18(8-10-23)20(32)33/h11-13,18H,2,7-10H2,1,3-6H3,(H,28,30)(H,32,33)/b14-11-,16-12+,31-17+. The van der Waals surface area contributed by atoms with Crippen LogP contribution < -0.4 is 5.32 Å². The van der Waals surface area contributed by atoms with Crippen molar-refractivity contribution in [3.05, 3.63) is 46.1 Å². The van der Waals surface area contributed by atoms with Crippen LogP contribution in [-0.4, -0.2) is 48.1 Å². The SMILES string of the molecule is C=C(/C=C(C)\C=C(/C)NC(=NC)/N=C(\C)C(F)(F)F)c1cnc(C2(OC)CCC(C(=O)O)CC2)s1. The van der Waals surface area contributed by atoms with E-state index in [1.54, 1.807) is 26.3 Å². The van der Waals surface area contributed by atoms with Crippen molar-refractivity contribution in [3.63, 3.8) is 0 Å².